The SMILES string of the molecule is c1cc(-c2cccc3c2sc2ccccc23)cc(N(c2ccc(-c3cccc4ccccc34)cc2)c2ccc(-c3cccc4oc5ccccc5c34)cc2)c1. The molecule has 0 unspecified atom stereocenters. The normalized spacial score (nSPS) is 11.6. The predicted octanol–water partition coefficient (Wildman–Crippen LogP) is 15.6. The first kappa shape index (κ1) is 31.6. The van der Waals surface area contributed by atoms with Crippen molar-refractivity contribution in [3.8, 4) is 33.4 Å². The topological polar surface area (TPSA) is 16.4 Å². The Morgan fingerprint density at radius 2 is 0.945 bits per heavy atom. The molecule has 0 N–H and O–H groups in total. The Morgan fingerprint density at radius 3 is 1.78 bits per heavy atom. The molecule has 0 saturated carbocycles. The summed E-state index contributed by atoms with van der Waals surface area (Å²) in [5.41, 5.74) is 12.3. The summed E-state index contributed by atoms with van der Waals surface area (Å²) in [5, 5.41) is 7.41. The number of hydrogen-bond acceptors (Lipinski definition) is 3. The summed E-state index contributed by atoms with van der Waals surface area (Å²) >= 11 is 1.87. The maximum absolute atomic E-state index is 6.24. The number of anilines is 3. The van der Waals surface area contributed by atoms with Crippen LogP contribution >= 0.6 is 11.3 Å². The highest BCUT2D eigenvalue weighted by Crippen LogP contribution is 2.44. The van der Waals surface area contributed by atoms with Gasteiger partial charge in [0.15, 0.2) is 0 Å². The van der Waals surface area contributed by atoms with Gasteiger partial charge in [0.1, 0.15) is 11.2 Å². The van der Waals surface area contributed by atoms with E-state index in [0.717, 1.165) is 44.6 Å². The quantitative estimate of drug-likeness (QED) is 0.170. The minimum atomic E-state index is 0.904. The van der Waals surface area contributed by atoms with E-state index >= 15 is 0 Å². The summed E-state index contributed by atoms with van der Waals surface area (Å²) < 4.78 is 8.87. The standard InChI is InChI=1S/C52H33NOS/c1-2-15-41-34(11-1)12-8-18-42(41)35-25-29-38(30-26-35)53(39-31-27-36(28-32-39)43-19-10-23-49-51(43)47-17-3-5-22-48(47)54-49)40-14-7-13-37(33-40)44-20-9-21-46-45-16-4-6-24-50(45)55-52(44)46/h1-33H. The van der Waals surface area contributed by atoms with E-state index in [1.165, 1.54) is 58.8 Å². The van der Waals surface area contributed by atoms with Crippen molar-refractivity contribution in [1.29, 1.82) is 0 Å². The van der Waals surface area contributed by atoms with Crippen LogP contribution in [0.4, 0.5) is 17.1 Å². The van der Waals surface area contributed by atoms with Gasteiger partial charge >= 0.3 is 0 Å². The van der Waals surface area contributed by atoms with Crippen LogP contribution in [0.3, 0.4) is 0 Å². The first-order valence-corrected chi connectivity index (χ1v) is 19.5. The number of benzene rings is 9. The highest BCUT2D eigenvalue weighted by molar-refractivity contribution is 7.26. The third kappa shape index (κ3) is 5.32. The molecule has 0 atom stereocenters. The number of hydrogen-bond donors (Lipinski definition) is 0. The zero-order valence-corrected chi connectivity index (χ0v) is 30.6. The summed E-state index contributed by atoms with van der Waals surface area (Å²) in [4.78, 5) is 2.37. The average Bonchev–Trinajstić information content (AvgIpc) is 3.83. The first-order valence-electron chi connectivity index (χ1n) is 18.7. The van der Waals surface area contributed by atoms with Gasteiger partial charge in [0, 0.05) is 48.0 Å². The highest BCUT2D eigenvalue weighted by Gasteiger charge is 2.18. The van der Waals surface area contributed by atoms with Gasteiger partial charge in [-0.2, -0.15) is 0 Å². The van der Waals surface area contributed by atoms with Gasteiger partial charge in [-0.1, -0.05) is 146 Å². The molecule has 0 bridgehead atoms. The van der Waals surface area contributed by atoms with Crippen LogP contribution in [0.2, 0.25) is 0 Å². The lowest BCUT2D eigenvalue weighted by Crippen LogP contribution is -2.10. The van der Waals surface area contributed by atoms with Crippen LogP contribution in [-0.2, 0) is 0 Å². The van der Waals surface area contributed by atoms with Gasteiger partial charge in [-0.15, -0.1) is 11.3 Å². The minimum absolute atomic E-state index is 0.904. The van der Waals surface area contributed by atoms with Gasteiger partial charge in [0.25, 0.3) is 0 Å². The Balaban J connectivity index is 1.05. The van der Waals surface area contributed by atoms with Gasteiger partial charge in [0.05, 0.1) is 0 Å². The van der Waals surface area contributed by atoms with Crippen molar-refractivity contribution < 1.29 is 4.42 Å². The van der Waals surface area contributed by atoms with Gasteiger partial charge in [-0.25, -0.2) is 0 Å². The fraction of sp³-hybridized carbons (Fsp3) is 0. The molecule has 9 aromatic carbocycles. The Kier molecular flexibility index (Phi) is 7.39. The maximum Gasteiger partial charge on any atom is 0.136 e. The van der Waals surface area contributed by atoms with Gasteiger partial charge in [-0.05, 0) is 98.8 Å². The second-order valence-corrected chi connectivity index (χ2v) is 15.1. The van der Waals surface area contributed by atoms with Crippen LogP contribution < -0.4 is 4.90 Å². The predicted molar refractivity (Wildman–Crippen MR) is 235 cm³/mol. The van der Waals surface area contributed by atoms with Crippen molar-refractivity contribution in [1.82, 2.24) is 0 Å². The molecule has 0 spiro atoms. The van der Waals surface area contributed by atoms with E-state index in [2.05, 4.69) is 193 Å². The maximum atomic E-state index is 6.24. The molecule has 0 saturated heterocycles. The van der Waals surface area contributed by atoms with E-state index in [4.69, 9.17) is 4.42 Å². The Bertz CT molecular complexity index is 3200. The van der Waals surface area contributed by atoms with Crippen LogP contribution in [0.15, 0.2) is 205 Å². The lowest BCUT2D eigenvalue weighted by Gasteiger charge is -2.26. The van der Waals surface area contributed by atoms with E-state index in [9.17, 15) is 0 Å². The van der Waals surface area contributed by atoms with Crippen molar-refractivity contribution in [3.63, 3.8) is 0 Å². The molecule has 0 aliphatic carbocycles. The van der Waals surface area contributed by atoms with Gasteiger partial charge in [0.2, 0.25) is 0 Å². The number of fused-ring (bicyclic) bond motifs is 7. The molecule has 11 aromatic rings. The molecule has 258 valence electrons. The van der Waals surface area contributed by atoms with E-state index in [-0.39, 0.29) is 0 Å². The lowest BCUT2D eigenvalue weighted by atomic mass is 9.97. The molecular weight excluding hydrogens is 687 g/mol. The zero-order chi connectivity index (χ0) is 36.3. The molecule has 2 heterocycles. The van der Waals surface area contributed by atoms with Crippen molar-refractivity contribution in [2.45, 2.75) is 0 Å². The largest absolute Gasteiger partial charge is 0.456 e. The monoisotopic (exact) mass is 719 g/mol. The van der Waals surface area contributed by atoms with Gasteiger partial charge < -0.3 is 9.32 Å². The average molecular weight is 720 g/mol. The summed E-state index contributed by atoms with van der Waals surface area (Å²) in [5.74, 6) is 0. The third-order valence-electron chi connectivity index (χ3n) is 10.9. The number of furan rings is 1. The fourth-order valence-corrected chi connectivity index (χ4v) is 9.54. The molecule has 55 heavy (non-hydrogen) atoms. The van der Waals surface area contributed by atoms with E-state index in [1.54, 1.807) is 0 Å². The smallest absolute Gasteiger partial charge is 0.136 e. The number of rotatable bonds is 6. The molecule has 11 rings (SSSR count). The van der Waals surface area contributed by atoms with Crippen LogP contribution in [0.1, 0.15) is 0 Å². The Morgan fingerprint density at radius 1 is 0.364 bits per heavy atom. The summed E-state index contributed by atoms with van der Waals surface area (Å²) in [6, 6.07) is 72.2. The lowest BCUT2D eigenvalue weighted by molar-refractivity contribution is 0.669. The summed E-state index contributed by atoms with van der Waals surface area (Å²) in [7, 11) is 0. The molecular formula is C52H33NOS. The Labute approximate surface area is 322 Å². The first-order chi connectivity index (χ1) is 27.3. The second kappa shape index (κ2) is 12.9. The van der Waals surface area contributed by atoms with E-state index in [0.29, 0.717) is 0 Å². The van der Waals surface area contributed by atoms with Crippen molar-refractivity contribution in [2.75, 3.05) is 4.90 Å². The summed E-state index contributed by atoms with van der Waals surface area (Å²) in [6.45, 7) is 0. The molecule has 2 nitrogen and oxygen atoms in total. The zero-order valence-electron chi connectivity index (χ0n) is 29.8. The fourth-order valence-electron chi connectivity index (χ4n) is 8.31. The van der Waals surface area contributed by atoms with E-state index < -0.39 is 0 Å². The van der Waals surface area contributed by atoms with Crippen molar-refractivity contribution >= 4 is 81.3 Å². The van der Waals surface area contributed by atoms with Crippen LogP contribution in [0.5, 0.6) is 0 Å². The van der Waals surface area contributed by atoms with Crippen LogP contribution in [0, 0.1) is 0 Å². The second-order valence-electron chi connectivity index (χ2n) is 14.1. The Hall–Kier alpha value is -6.94. The minimum Gasteiger partial charge on any atom is -0.456 e. The number of thiophene rings is 1. The van der Waals surface area contributed by atoms with Crippen LogP contribution in [0.25, 0.3) is 86.3 Å². The van der Waals surface area contributed by atoms with Crippen molar-refractivity contribution in [2.24, 2.45) is 0 Å². The molecule has 0 amide bonds. The molecule has 0 radical (unpaired) electrons. The van der Waals surface area contributed by atoms with Crippen LogP contribution in [-0.4, -0.2) is 0 Å². The molecule has 0 aliphatic heterocycles. The summed E-state index contributed by atoms with van der Waals surface area (Å²) in [6.07, 6.45) is 0. The number of nitrogens with zero attached hydrogens (tertiary/aromatic N) is 1. The molecule has 3 heteroatoms. The molecule has 0 aliphatic rings. The number of para-hydroxylation sites is 1. The highest BCUT2D eigenvalue weighted by atomic mass is 32.1. The third-order valence-corrected chi connectivity index (χ3v) is 12.1. The molecule has 0 fully saturated rings. The van der Waals surface area contributed by atoms with Crippen molar-refractivity contribution in [3.05, 3.63) is 200 Å². The van der Waals surface area contributed by atoms with E-state index in [1.807, 2.05) is 23.5 Å². The molecule has 2 aromatic heterocycles. The van der Waals surface area contributed by atoms with Gasteiger partial charge in [-0.3, -0.25) is 0 Å².